The van der Waals surface area contributed by atoms with Crippen LogP contribution >= 0.6 is 0 Å². The van der Waals surface area contributed by atoms with Gasteiger partial charge in [-0.05, 0) is 7.05 Å². The van der Waals surface area contributed by atoms with Crippen LogP contribution in [0.3, 0.4) is 0 Å². The molecule has 2 nitrogen and oxygen atoms in total. The molecule has 0 radical (unpaired) electrons. The second kappa shape index (κ2) is 287. The zero-order valence-corrected chi connectivity index (χ0v) is 4.99. The van der Waals surface area contributed by atoms with E-state index < -0.39 is 0 Å². The lowest BCUT2D eigenvalue weighted by atomic mass is 10.6. The van der Waals surface area contributed by atoms with Gasteiger partial charge in [0.05, 0.1) is 0 Å². The molecule has 0 aromatic rings. The molecule has 58 valence electrons. The highest BCUT2D eigenvalue weighted by atomic mass is 14.4. The minimum atomic E-state index is 0. The van der Waals surface area contributed by atoms with Crippen molar-refractivity contribution in [1.29, 1.82) is 0 Å². The summed E-state index contributed by atoms with van der Waals surface area (Å²) in [6.07, 6.45) is 1.25. The summed E-state index contributed by atoms with van der Waals surface area (Å²) in [7, 11) is 1.50. The molecule has 0 rings (SSSR count). The summed E-state index contributed by atoms with van der Waals surface area (Å²) >= 11 is 0. The summed E-state index contributed by atoms with van der Waals surface area (Å²) in [5, 5.41) is 0. The molecule has 0 spiro atoms. The molecule has 0 atom stereocenters. The standard InChI is InChI=1S/C3H8.CH5N.2CH4.H3N/c1-3-2;1-2;;;/h3H2,1-2H3;2H2,1H3;2*1H4;1H3. The Labute approximate surface area is 55.1 Å². The van der Waals surface area contributed by atoms with Crippen LogP contribution in [0.4, 0.5) is 0 Å². The molecule has 0 amide bonds. The Morgan fingerprint density at radius 2 is 1.00 bits per heavy atom. The third kappa shape index (κ3) is 22400. The van der Waals surface area contributed by atoms with Gasteiger partial charge in [-0.1, -0.05) is 35.1 Å². The van der Waals surface area contributed by atoms with Crippen molar-refractivity contribution >= 4 is 0 Å². The van der Waals surface area contributed by atoms with E-state index in [2.05, 4.69) is 19.6 Å². The van der Waals surface area contributed by atoms with E-state index in [9.17, 15) is 0 Å². The second-order valence-corrected chi connectivity index (χ2v) is 0.707. The SMILES string of the molecule is C.C.CCC.CN.N. The first-order valence-corrected chi connectivity index (χ1v) is 1.99. The molecule has 0 aromatic heterocycles. The third-order valence-electron chi connectivity index (χ3n) is 0. The summed E-state index contributed by atoms with van der Waals surface area (Å²) < 4.78 is 0. The Morgan fingerprint density at radius 1 is 1.00 bits per heavy atom. The molecular weight excluding hydrogens is 100 g/mol. The maximum atomic E-state index is 4.50. The Balaban J connectivity index is -0.00000000567. The average Bonchev–Trinajstić information content (AvgIpc) is 1.46. The Bertz CT molecular complexity index is 6.49. The molecule has 0 saturated heterocycles. The van der Waals surface area contributed by atoms with Crippen LogP contribution < -0.4 is 11.9 Å². The van der Waals surface area contributed by atoms with Crippen molar-refractivity contribution in [3.8, 4) is 0 Å². The van der Waals surface area contributed by atoms with Gasteiger partial charge in [0.1, 0.15) is 0 Å². The highest BCUT2D eigenvalue weighted by Gasteiger charge is 1.35. The average molecular weight is 124 g/mol. The molecular formula is C6H24N2. The van der Waals surface area contributed by atoms with Gasteiger partial charge in [0, 0.05) is 0 Å². The fourth-order valence-electron chi connectivity index (χ4n) is 0. The van der Waals surface area contributed by atoms with Gasteiger partial charge >= 0.3 is 0 Å². The van der Waals surface area contributed by atoms with Crippen molar-refractivity contribution in [3.63, 3.8) is 0 Å². The fourth-order valence-corrected chi connectivity index (χ4v) is 0. The quantitative estimate of drug-likeness (QED) is 0.521. The van der Waals surface area contributed by atoms with E-state index >= 15 is 0 Å². The minimum absolute atomic E-state index is 0. The van der Waals surface area contributed by atoms with Gasteiger partial charge in [-0.15, -0.1) is 0 Å². The largest absolute Gasteiger partial charge is 0.344 e. The lowest BCUT2D eigenvalue weighted by Crippen LogP contribution is -1.69. The van der Waals surface area contributed by atoms with Crippen LogP contribution in [-0.2, 0) is 0 Å². The van der Waals surface area contributed by atoms with E-state index in [4.69, 9.17) is 0 Å². The smallest absolute Gasteiger partial charge is 0.0195 e. The molecule has 0 bridgehead atoms. The summed E-state index contributed by atoms with van der Waals surface area (Å²) in [6, 6.07) is 0. The number of rotatable bonds is 0. The summed E-state index contributed by atoms with van der Waals surface area (Å²) in [4.78, 5) is 0. The molecule has 8 heavy (non-hydrogen) atoms. The summed E-state index contributed by atoms with van der Waals surface area (Å²) in [5.74, 6) is 0. The number of hydrogen-bond acceptors (Lipinski definition) is 2. The molecule has 0 aliphatic carbocycles. The van der Waals surface area contributed by atoms with Gasteiger partial charge in [0.2, 0.25) is 0 Å². The molecule has 0 saturated carbocycles. The van der Waals surface area contributed by atoms with Crippen LogP contribution in [-0.4, -0.2) is 7.05 Å². The second-order valence-electron chi connectivity index (χ2n) is 0.707. The predicted molar refractivity (Wildman–Crippen MR) is 44.6 cm³/mol. The molecule has 0 aliphatic heterocycles. The Morgan fingerprint density at radius 3 is 1.00 bits per heavy atom. The van der Waals surface area contributed by atoms with E-state index in [1.807, 2.05) is 0 Å². The number of hydrogen-bond donors (Lipinski definition) is 2. The van der Waals surface area contributed by atoms with E-state index in [0.717, 1.165) is 0 Å². The lowest BCUT2D eigenvalue weighted by molar-refractivity contribution is 1.09. The third-order valence-corrected chi connectivity index (χ3v) is 0. The van der Waals surface area contributed by atoms with Crippen molar-refractivity contribution in [1.82, 2.24) is 6.15 Å². The monoisotopic (exact) mass is 124 g/mol. The Hall–Kier alpha value is -0.0800. The first-order chi connectivity index (χ1) is 2.41. The molecule has 0 heterocycles. The van der Waals surface area contributed by atoms with Crippen LogP contribution in [0.2, 0.25) is 0 Å². The molecule has 0 fully saturated rings. The van der Waals surface area contributed by atoms with Gasteiger partial charge in [-0.3, -0.25) is 0 Å². The number of nitrogens with two attached hydrogens (primary N) is 1. The van der Waals surface area contributed by atoms with Crippen molar-refractivity contribution < 1.29 is 0 Å². The van der Waals surface area contributed by atoms with Crippen molar-refractivity contribution in [2.75, 3.05) is 7.05 Å². The van der Waals surface area contributed by atoms with E-state index in [-0.39, 0.29) is 21.0 Å². The fraction of sp³-hybridized carbons (Fsp3) is 1.00. The minimum Gasteiger partial charge on any atom is -0.344 e. The maximum Gasteiger partial charge on any atom is -0.0195 e. The molecule has 0 aliphatic rings. The van der Waals surface area contributed by atoms with Gasteiger partial charge in [0.15, 0.2) is 0 Å². The van der Waals surface area contributed by atoms with Gasteiger partial charge < -0.3 is 11.9 Å². The van der Waals surface area contributed by atoms with Crippen LogP contribution in [0.25, 0.3) is 0 Å². The molecule has 2 heteroatoms. The van der Waals surface area contributed by atoms with Crippen LogP contribution in [0.5, 0.6) is 0 Å². The molecule has 0 unspecified atom stereocenters. The Kier molecular flexibility index (Phi) is 1590. The van der Waals surface area contributed by atoms with Crippen molar-refractivity contribution in [2.45, 2.75) is 35.1 Å². The first kappa shape index (κ1) is 44.5. The van der Waals surface area contributed by atoms with E-state index in [1.165, 1.54) is 13.5 Å². The zero-order valence-electron chi connectivity index (χ0n) is 4.99. The van der Waals surface area contributed by atoms with Crippen LogP contribution in [0.15, 0.2) is 0 Å². The molecule has 5 N–H and O–H groups in total. The highest BCUT2D eigenvalue weighted by Crippen LogP contribution is 1.56. The lowest BCUT2D eigenvalue weighted by Gasteiger charge is -1.48. The van der Waals surface area contributed by atoms with Crippen molar-refractivity contribution in [2.24, 2.45) is 5.73 Å². The first-order valence-electron chi connectivity index (χ1n) is 1.99. The topological polar surface area (TPSA) is 61.0 Å². The van der Waals surface area contributed by atoms with Gasteiger partial charge in [-0.25, -0.2) is 0 Å². The van der Waals surface area contributed by atoms with E-state index in [0.29, 0.717) is 0 Å². The molecule has 0 aromatic carbocycles. The van der Waals surface area contributed by atoms with Crippen LogP contribution in [0.1, 0.15) is 35.1 Å². The van der Waals surface area contributed by atoms with Crippen LogP contribution in [0, 0.1) is 0 Å². The van der Waals surface area contributed by atoms with Crippen molar-refractivity contribution in [3.05, 3.63) is 0 Å². The van der Waals surface area contributed by atoms with Gasteiger partial charge in [0.25, 0.3) is 0 Å². The maximum absolute atomic E-state index is 4.50. The highest BCUT2D eigenvalue weighted by molar-refractivity contribution is 3.92. The summed E-state index contributed by atoms with van der Waals surface area (Å²) in [5.41, 5.74) is 4.50. The normalized spacial score (nSPS) is 3.00. The predicted octanol–water partition coefficient (Wildman–Crippen LogP) is 2.43. The summed E-state index contributed by atoms with van der Waals surface area (Å²) in [6.45, 7) is 4.25. The van der Waals surface area contributed by atoms with E-state index in [1.54, 1.807) is 0 Å². The zero-order chi connectivity index (χ0) is 4.71. The van der Waals surface area contributed by atoms with Gasteiger partial charge in [-0.2, -0.15) is 0 Å².